The van der Waals surface area contributed by atoms with Crippen molar-refractivity contribution in [2.45, 2.75) is 27.1 Å². The Kier molecular flexibility index (Phi) is 5.78. The van der Waals surface area contributed by atoms with Crippen LogP contribution in [0.25, 0.3) is 16.9 Å². The molecule has 3 heterocycles. The fourth-order valence-corrected chi connectivity index (χ4v) is 3.87. The van der Waals surface area contributed by atoms with E-state index in [0.717, 1.165) is 33.9 Å². The molecule has 0 radical (unpaired) electrons. The van der Waals surface area contributed by atoms with Gasteiger partial charge in [-0.3, -0.25) is 9.48 Å². The van der Waals surface area contributed by atoms with Gasteiger partial charge in [0.2, 0.25) is 0 Å². The Balaban J connectivity index is 1.33. The maximum Gasteiger partial charge on any atom is 0.272 e. The van der Waals surface area contributed by atoms with Crippen molar-refractivity contribution >= 4 is 5.91 Å². The first-order valence-corrected chi connectivity index (χ1v) is 11.1. The summed E-state index contributed by atoms with van der Waals surface area (Å²) in [6, 6.07) is 23.6. The van der Waals surface area contributed by atoms with Crippen LogP contribution in [-0.4, -0.2) is 35.2 Å². The number of carbonyl (C=O) groups is 1. The van der Waals surface area contributed by atoms with Gasteiger partial charge in [-0.2, -0.15) is 15.3 Å². The third kappa shape index (κ3) is 4.52. The number of para-hydroxylation sites is 1. The standard InChI is InChI=1S/C26H25N7O/c1-19-15-20(2)33(28-19)18-31-14-13-24(29-31)26(34)27-16-22-17-32(23-11-7-4-8-12-23)30-25(22)21-9-5-3-6-10-21/h3-15,17H,16,18H2,1-2H3,(H,27,34). The lowest BCUT2D eigenvalue weighted by molar-refractivity contribution is 0.0945. The van der Waals surface area contributed by atoms with E-state index in [1.54, 1.807) is 16.9 Å². The average Bonchev–Trinajstić information content (AvgIpc) is 3.58. The van der Waals surface area contributed by atoms with Crippen molar-refractivity contribution in [1.82, 2.24) is 34.7 Å². The minimum Gasteiger partial charge on any atom is -0.346 e. The molecule has 0 aliphatic rings. The molecule has 0 fully saturated rings. The number of hydrogen-bond acceptors (Lipinski definition) is 4. The summed E-state index contributed by atoms with van der Waals surface area (Å²) < 4.78 is 5.40. The molecule has 8 nitrogen and oxygen atoms in total. The highest BCUT2D eigenvalue weighted by Gasteiger charge is 2.15. The van der Waals surface area contributed by atoms with Crippen LogP contribution in [0.5, 0.6) is 0 Å². The van der Waals surface area contributed by atoms with Gasteiger partial charge in [-0.1, -0.05) is 48.5 Å². The van der Waals surface area contributed by atoms with Crippen molar-refractivity contribution in [2.75, 3.05) is 0 Å². The van der Waals surface area contributed by atoms with Crippen LogP contribution in [0.2, 0.25) is 0 Å². The molecule has 0 saturated carbocycles. The monoisotopic (exact) mass is 451 g/mol. The summed E-state index contributed by atoms with van der Waals surface area (Å²) in [5.74, 6) is -0.237. The number of amides is 1. The molecule has 3 aromatic heterocycles. The van der Waals surface area contributed by atoms with Gasteiger partial charge in [0, 0.05) is 35.8 Å². The molecule has 170 valence electrons. The molecule has 0 saturated heterocycles. The molecular formula is C26H25N7O. The lowest BCUT2D eigenvalue weighted by atomic mass is 10.1. The van der Waals surface area contributed by atoms with Gasteiger partial charge < -0.3 is 5.32 Å². The summed E-state index contributed by atoms with van der Waals surface area (Å²) in [6.45, 7) is 4.74. The van der Waals surface area contributed by atoms with E-state index in [1.807, 2.05) is 96.1 Å². The smallest absolute Gasteiger partial charge is 0.272 e. The van der Waals surface area contributed by atoms with Crippen LogP contribution < -0.4 is 5.32 Å². The summed E-state index contributed by atoms with van der Waals surface area (Å²) >= 11 is 0. The predicted molar refractivity (Wildman–Crippen MR) is 129 cm³/mol. The lowest BCUT2D eigenvalue weighted by Crippen LogP contribution is -2.24. The Morgan fingerprint density at radius 2 is 1.65 bits per heavy atom. The number of benzene rings is 2. The number of nitrogens with zero attached hydrogens (tertiary/aromatic N) is 6. The van der Waals surface area contributed by atoms with Crippen LogP contribution in [0.4, 0.5) is 0 Å². The highest BCUT2D eigenvalue weighted by Crippen LogP contribution is 2.23. The first kappa shape index (κ1) is 21.4. The van der Waals surface area contributed by atoms with Crippen molar-refractivity contribution in [3.8, 4) is 16.9 Å². The van der Waals surface area contributed by atoms with Crippen LogP contribution in [0.15, 0.2) is 85.2 Å². The van der Waals surface area contributed by atoms with Crippen molar-refractivity contribution in [3.63, 3.8) is 0 Å². The van der Waals surface area contributed by atoms with E-state index in [9.17, 15) is 4.79 Å². The largest absolute Gasteiger partial charge is 0.346 e. The molecule has 34 heavy (non-hydrogen) atoms. The number of nitrogens with one attached hydrogen (secondary N) is 1. The molecule has 5 aromatic rings. The Labute approximate surface area is 197 Å². The molecule has 0 aliphatic heterocycles. The van der Waals surface area contributed by atoms with Crippen molar-refractivity contribution < 1.29 is 4.79 Å². The van der Waals surface area contributed by atoms with Crippen LogP contribution in [0.1, 0.15) is 27.4 Å². The van der Waals surface area contributed by atoms with E-state index in [1.165, 1.54) is 0 Å². The summed E-state index contributed by atoms with van der Waals surface area (Å²) in [6.07, 6.45) is 3.74. The van der Waals surface area contributed by atoms with Gasteiger partial charge in [-0.15, -0.1) is 0 Å². The summed E-state index contributed by atoms with van der Waals surface area (Å²) in [7, 11) is 0. The van der Waals surface area contributed by atoms with Gasteiger partial charge in [0.25, 0.3) is 5.91 Å². The zero-order valence-electron chi connectivity index (χ0n) is 19.1. The maximum absolute atomic E-state index is 12.8. The van der Waals surface area contributed by atoms with Crippen molar-refractivity contribution in [1.29, 1.82) is 0 Å². The zero-order chi connectivity index (χ0) is 23.5. The second-order valence-corrected chi connectivity index (χ2v) is 8.14. The molecule has 1 amide bonds. The minimum atomic E-state index is -0.237. The van der Waals surface area contributed by atoms with Gasteiger partial charge in [0.15, 0.2) is 0 Å². The number of aryl methyl sites for hydroxylation is 2. The first-order chi connectivity index (χ1) is 16.6. The number of rotatable bonds is 7. The minimum absolute atomic E-state index is 0.237. The van der Waals surface area contributed by atoms with Gasteiger partial charge in [-0.05, 0) is 38.1 Å². The van der Waals surface area contributed by atoms with Crippen LogP contribution >= 0.6 is 0 Å². The lowest BCUT2D eigenvalue weighted by Gasteiger charge is -2.05. The van der Waals surface area contributed by atoms with Gasteiger partial charge in [-0.25, -0.2) is 9.36 Å². The fourth-order valence-electron chi connectivity index (χ4n) is 3.87. The van der Waals surface area contributed by atoms with E-state index >= 15 is 0 Å². The topological polar surface area (TPSA) is 82.6 Å². The first-order valence-electron chi connectivity index (χ1n) is 11.1. The molecule has 0 aliphatic carbocycles. The van der Waals surface area contributed by atoms with E-state index < -0.39 is 0 Å². The second kappa shape index (κ2) is 9.19. The molecule has 0 spiro atoms. The fraction of sp³-hybridized carbons (Fsp3) is 0.154. The Morgan fingerprint density at radius 1 is 0.912 bits per heavy atom. The quantitative estimate of drug-likeness (QED) is 0.406. The third-order valence-corrected chi connectivity index (χ3v) is 5.55. The van der Waals surface area contributed by atoms with Crippen molar-refractivity contribution in [3.05, 3.63) is 108 Å². The molecule has 0 atom stereocenters. The van der Waals surface area contributed by atoms with E-state index in [4.69, 9.17) is 5.10 Å². The van der Waals surface area contributed by atoms with E-state index in [2.05, 4.69) is 15.5 Å². The molecule has 1 N–H and O–H groups in total. The van der Waals surface area contributed by atoms with Gasteiger partial charge >= 0.3 is 0 Å². The normalized spacial score (nSPS) is 11.0. The highest BCUT2D eigenvalue weighted by molar-refractivity contribution is 5.92. The number of aromatic nitrogens is 6. The van der Waals surface area contributed by atoms with Crippen LogP contribution in [0.3, 0.4) is 0 Å². The summed E-state index contributed by atoms with van der Waals surface area (Å²) in [5.41, 5.74) is 6.06. The number of hydrogen-bond donors (Lipinski definition) is 1. The second-order valence-electron chi connectivity index (χ2n) is 8.14. The Morgan fingerprint density at radius 3 is 2.35 bits per heavy atom. The van der Waals surface area contributed by atoms with Crippen molar-refractivity contribution in [2.24, 2.45) is 0 Å². The average molecular weight is 452 g/mol. The van der Waals surface area contributed by atoms with Gasteiger partial charge in [0.05, 0.1) is 17.1 Å². The summed E-state index contributed by atoms with van der Waals surface area (Å²) in [4.78, 5) is 12.8. The highest BCUT2D eigenvalue weighted by atomic mass is 16.1. The maximum atomic E-state index is 12.8. The molecule has 0 bridgehead atoms. The van der Waals surface area contributed by atoms with E-state index in [0.29, 0.717) is 18.9 Å². The third-order valence-electron chi connectivity index (χ3n) is 5.55. The van der Waals surface area contributed by atoms with E-state index in [-0.39, 0.29) is 5.91 Å². The SMILES string of the molecule is Cc1cc(C)n(Cn2ccc(C(=O)NCc3cn(-c4ccccc4)nc3-c3ccccc3)n2)n1. The Bertz CT molecular complexity index is 1410. The molecule has 0 unspecified atom stereocenters. The molecular weight excluding hydrogens is 426 g/mol. The molecule has 8 heteroatoms. The molecule has 5 rings (SSSR count). The Hall–Kier alpha value is -4.46. The molecule has 2 aromatic carbocycles. The van der Waals surface area contributed by atoms with Gasteiger partial charge in [0.1, 0.15) is 12.4 Å². The number of carbonyl (C=O) groups excluding carboxylic acids is 1. The zero-order valence-corrected chi connectivity index (χ0v) is 19.1. The van der Waals surface area contributed by atoms with Crippen LogP contribution in [0, 0.1) is 13.8 Å². The van der Waals surface area contributed by atoms with Crippen LogP contribution in [-0.2, 0) is 13.2 Å². The summed E-state index contributed by atoms with van der Waals surface area (Å²) in [5, 5.41) is 16.7. The predicted octanol–water partition coefficient (Wildman–Crippen LogP) is 3.98.